The van der Waals surface area contributed by atoms with Crippen molar-refractivity contribution in [3.8, 4) is 17.2 Å². The molecule has 1 amide bonds. The van der Waals surface area contributed by atoms with Gasteiger partial charge in [0, 0.05) is 5.56 Å². The number of hydrogen-bond acceptors (Lipinski definition) is 7. The zero-order valence-corrected chi connectivity index (χ0v) is 21.0. The van der Waals surface area contributed by atoms with Gasteiger partial charge in [-0.25, -0.2) is 0 Å². The third kappa shape index (κ3) is 5.59. The van der Waals surface area contributed by atoms with Crippen LogP contribution in [0, 0.1) is 0 Å². The van der Waals surface area contributed by atoms with Crippen molar-refractivity contribution in [1.82, 2.24) is 4.57 Å². The van der Waals surface area contributed by atoms with E-state index in [4.69, 9.17) is 18.9 Å². The number of fused-ring (bicyclic) bond motifs is 1. The van der Waals surface area contributed by atoms with E-state index in [1.807, 2.05) is 6.07 Å². The Bertz CT molecular complexity index is 1220. The number of aryl methyl sites for hydroxylation is 1. The second-order valence-corrected chi connectivity index (χ2v) is 8.52. The average Bonchev–Trinajstić information content (AvgIpc) is 3.17. The van der Waals surface area contributed by atoms with Crippen molar-refractivity contribution < 1.29 is 28.5 Å². The average molecular weight is 487 g/mol. The highest BCUT2D eigenvalue weighted by molar-refractivity contribution is 7.16. The number of nitrogens with zero attached hydrogens (tertiary/aromatic N) is 2. The Morgan fingerprint density at radius 1 is 1.00 bits per heavy atom. The van der Waals surface area contributed by atoms with Crippen molar-refractivity contribution >= 4 is 33.4 Å². The van der Waals surface area contributed by atoms with E-state index < -0.39 is 5.91 Å². The van der Waals surface area contributed by atoms with Gasteiger partial charge < -0.3 is 23.5 Å². The summed E-state index contributed by atoms with van der Waals surface area (Å²) in [4.78, 5) is 30.2. The lowest BCUT2D eigenvalue weighted by Gasteiger charge is -2.12. The van der Waals surface area contributed by atoms with Gasteiger partial charge in [0.25, 0.3) is 5.91 Å². The molecule has 2 aromatic carbocycles. The zero-order valence-electron chi connectivity index (χ0n) is 20.2. The molecule has 0 spiro atoms. The summed E-state index contributed by atoms with van der Waals surface area (Å²) in [6.07, 6.45) is 3.17. The summed E-state index contributed by atoms with van der Waals surface area (Å²) in [6.45, 7) is 4.15. The largest absolute Gasteiger partial charge is 0.493 e. The normalized spacial score (nSPS) is 11.5. The molecule has 3 rings (SSSR count). The summed E-state index contributed by atoms with van der Waals surface area (Å²) in [7, 11) is 4.47. The molecule has 34 heavy (non-hydrogen) atoms. The maximum Gasteiger partial charge on any atom is 0.326 e. The van der Waals surface area contributed by atoms with Crippen molar-refractivity contribution in [1.29, 1.82) is 0 Å². The molecule has 9 heteroatoms. The van der Waals surface area contributed by atoms with Crippen LogP contribution < -0.4 is 19.0 Å². The number of benzene rings is 2. The molecule has 0 N–H and O–H groups in total. The van der Waals surface area contributed by atoms with E-state index in [0.29, 0.717) is 22.0 Å². The number of aromatic nitrogens is 1. The lowest BCUT2D eigenvalue weighted by molar-refractivity contribution is -0.143. The van der Waals surface area contributed by atoms with Crippen LogP contribution in [-0.4, -0.2) is 44.4 Å². The Labute approximate surface area is 202 Å². The smallest absolute Gasteiger partial charge is 0.326 e. The van der Waals surface area contributed by atoms with E-state index in [1.54, 1.807) is 23.6 Å². The number of methoxy groups -OCH3 is 3. The van der Waals surface area contributed by atoms with E-state index in [-0.39, 0.29) is 24.7 Å². The quantitative estimate of drug-likeness (QED) is 0.395. The van der Waals surface area contributed by atoms with Gasteiger partial charge in [0.1, 0.15) is 6.54 Å². The van der Waals surface area contributed by atoms with Crippen LogP contribution in [0.1, 0.15) is 42.6 Å². The summed E-state index contributed by atoms with van der Waals surface area (Å²) < 4.78 is 23.9. The van der Waals surface area contributed by atoms with Crippen LogP contribution in [0.4, 0.5) is 0 Å². The molecule has 0 fully saturated rings. The number of ether oxygens (including phenoxy) is 4. The van der Waals surface area contributed by atoms with Crippen molar-refractivity contribution in [3.05, 3.63) is 46.3 Å². The highest BCUT2D eigenvalue weighted by atomic mass is 32.1. The molecular weight excluding hydrogens is 456 g/mol. The minimum atomic E-state index is -0.491. The van der Waals surface area contributed by atoms with Gasteiger partial charge in [-0.15, -0.1) is 0 Å². The second-order valence-electron chi connectivity index (χ2n) is 7.51. The molecule has 0 bridgehead atoms. The number of hydrogen-bond donors (Lipinski definition) is 0. The number of esters is 1. The molecule has 0 unspecified atom stereocenters. The minimum absolute atomic E-state index is 0.0382. The number of carbonyl (C=O) groups is 2. The van der Waals surface area contributed by atoms with Crippen LogP contribution in [0.3, 0.4) is 0 Å². The molecule has 0 saturated heterocycles. The fraction of sp³-hybridized carbons (Fsp3) is 0.400. The van der Waals surface area contributed by atoms with Gasteiger partial charge >= 0.3 is 5.97 Å². The Kier molecular flexibility index (Phi) is 8.70. The van der Waals surface area contributed by atoms with E-state index >= 15 is 0 Å². The highest BCUT2D eigenvalue weighted by Crippen LogP contribution is 2.38. The molecule has 0 radical (unpaired) electrons. The van der Waals surface area contributed by atoms with Crippen molar-refractivity contribution in [2.75, 3.05) is 27.9 Å². The Morgan fingerprint density at radius 3 is 2.29 bits per heavy atom. The number of unbranched alkanes of at least 4 members (excludes halogenated alkanes) is 1. The summed E-state index contributed by atoms with van der Waals surface area (Å²) in [5, 5.41) is 0. The Morgan fingerprint density at radius 2 is 1.71 bits per heavy atom. The Balaban J connectivity index is 2.11. The van der Waals surface area contributed by atoms with Crippen molar-refractivity contribution in [2.45, 2.75) is 39.7 Å². The maximum absolute atomic E-state index is 13.2. The summed E-state index contributed by atoms with van der Waals surface area (Å²) in [6, 6.07) is 9.23. The zero-order chi connectivity index (χ0) is 24.7. The number of rotatable bonds is 10. The van der Waals surface area contributed by atoms with Crippen LogP contribution >= 0.6 is 11.3 Å². The van der Waals surface area contributed by atoms with E-state index in [0.717, 1.165) is 29.5 Å². The molecule has 182 valence electrons. The molecule has 0 saturated carbocycles. The first-order chi connectivity index (χ1) is 16.4. The van der Waals surface area contributed by atoms with Gasteiger partial charge in [-0.3, -0.25) is 9.59 Å². The van der Waals surface area contributed by atoms with E-state index in [1.165, 1.54) is 38.2 Å². The van der Waals surface area contributed by atoms with E-state index in [9.17, 15) is 9.59 Å². The predicted molar refractivity (Wildman–Crippen MR) is 131 cm³/mol. The van der Waals surface area contributed by atoms with Gasteiger partial charge in [0.05, 0.1) is 38.2 Å². The standard InChI is InChI=1S/C25H30N2O6S/c1-6-8-9-16-10-11-18-21(12-16)34-25(27(18)15-22(28)33-7-2)26-24(29)17-13-19(30-3)23(32-5)20(14-17)31-4/h10-14H,6-9,15H2,1-5H3. The molecule has 1 aromatic heterocycles. The summed E-state index contributed by atoms with van der Waals surface area (Å²) in [5.74, 6) is 0.224. The van der Waals surface area contributed by atoms with Crippen LogP contribution in [0.5, 0.6) is 17.2 Å². The number of carbonyl (C=O) groups excluding carboxylic acids is 2. The fourth-order valence-corrected chi connectivity index (χ4v) is 4.68. The highest BCUT2D eigenvalue weighted by Gasteiger charge is 2.18. The molecule has 3 aromatic rings. The summed E-state index contributed by atoms with van der Waals surface area (Å²) in [5.41, 5.74) is 2.31. The Hall–Kier alpha value is -3.33. The van der Waals surface area contributed by atoms with Crippen LogP contribution in [-0.2, 0) is 22.5 Å². The van der Waals surface area contributed by atoms with Gasteiger partial charge in [-0.2, -0.15) is 4.99 Å². The van der Waals surface area contributed by atoms with Gasteiger partial charge in [0.2, 0.25) is 5.75 Å². The number of thiazole rings is 1. The third-order valence-corrected chi connectivity index (χ3v) is 6.31. The molecule has 8 nitrogen and oxygen atoms in total. The molecule has 0 aliphatic carbocycles. The van der Waals surface area contributed by atoms with Crippen LogP contribution in [0.15, 0.2) is 35.3 Å². The SMILES string of the molecule is CCCCc1ccc2c(c1)sc(=NC(=O)c1cc(OC)c(OC)c(OC)c1)n2CC(=O)OCC. The maximum atomic E-state index is 13.2. The van der Waals surface area contributed by atoms with Gasteiger partial charge in [0.15, 0.2) is 16.3 Å². The van der Waals surface area contributed by atoms with Crippen molar-refractivity contribution in [2.24, 2.45) is 4.99 Å². The molecule has 0 atom stereocenters. The topological polar surface area (TPSA) is 88.4 Å². The first-order valence-electron chi connectivity index (χ1n) is 11.1. The number of amides is 1. The minimum Gasteiger partial charge on any atom is -0.493 e. The molecule has 0 aliphatic rings. The monoisotopic (exact) mass is 486 g/mol. The van der Waals surface area contributed by atoms with E-state index in [2.05, 4.69) is 24.0 Å². The first kappa shape index (κ1) is 25.3. The van der Waals surface area contributed by atoms with Crippen LogP contribution in [0.25, 0.3) is 10.2 Å². The van der Waals surface area contributed by atoms with Crippen LogP contribution in [0.2, 0.25) is 0 Å². The van der Waals surface area contributed by atoms with Gasteiger partial charge in [-0.1, -0.05) is 30.7 Å². The third-order valence-electron chi connectivity index (χ3n) is 5.27. The first-order valence-corrected chi connectivity index (χ1v) is 11.9. The lowest BCUT2D eigenvalue weighted by atomic mass is 10.1. The molecular formula is C25H30N2O6S. The predicted octanol–water partition coefficient (Wildman–Crippen LogP) is 4.38. The van der Waals surface area contributed by atoms with Gasteiger partial charge in [-0.05, 0) is 49.6 Å². The molecule has 0 aliphatic heterocycles. The second kappa shape index (κ2) is 11.7. The fourth-order valence-electron chi connectivity index (χ4n) is 3.58. The van der Waals surface area contributed by atoms with Crippen molar-refractivity contribution in [3.63, 3.8) is 0 Å². The summed E-state index contributed by atoms with van der Waals surface area (Å²) >= 11 is 1.36. The lowest BCUT2D eigenvalue weighted by Crippen LogP contribution is -2.23. The molecule has 1 heterocycles.